The monoisotopic (exact) mass is 292 g/mol. The minimum absolute atomic E-state index is 0.191. The lowest BCUT2D eigenvalue weighted by Crippen LogP contribution is -2.00. The number of methoxy groups -OCH3 is 1. The Bertz CT molecular complexity index is 588. The molecule has 0 radical (unpaired) electrons. The molecule has 0 spiro atoms. The van der Waals surface area contributed by atoms with Crippen LogP contribution in [-0.2, 0) is 11.3 Å². The zero-order valence-corrected chi connectivity index (χ0v) is 12.5. The summed E-state index contributed by atoms with van der Waals surface area (Å²) in [6.07, 6.45) is 0. The highest BCUT2D eigenvalue weighted by Gasteiger charge is 2.09. The van der Waals surface area contributed by atoms with Gasteiger partial charge in [0.2, 0.25) is 5.88 Å². The van der Waals surface area contributed by atoms with Crippen molar-refractivity contribution >= 4 is 11.6 Å². The van der Waals surface area contributed by atoms with Gasteiger partial charge in [-0.05, 0) is 17.7 Å². The van der Waals surface area contributed by atoms with E-state index >= 15 is 0 Å². The van der Waals surface area contributed by atoms with Crippen LogP contribution in [0.25, 0.3) is 0 Å². The minimum Gasteiger partial charge on any atom is -0.439 e. The molecule has 1 aromatic carbocycles. The fourth-order valence-electron chi connectivity index (χ4n) is 1.71. The molecule has 0 aliphatic heterocycles. The molecule has 0 fully saturated rings. The van der Waals surface area contributed by atoms with Crippen LogP contribution in [-0.4, -0.2) is 17.1 Å². The van der Waals surface area contributed by atoms with Gasteiger partial charge in [0, 0.05) is 19.1 Å². The van der Waals surface area contributed by atoms with Crippen LogP contribution in [0.5, 0.6) is 11.6 Å². The molecule has 0 unspecified atom stereocenters. The Hall–Kier alpha value is -1.65. The molecule has 0 bridgehead atoms. The molecule has 5 heteroatoms. The SMILES string of the molecule is COCc1cccc(Oc2cc(Cl)nc(C(C)C)n2)c1. The number of ether oxygens (including phenoxy) is 2. The average Bonchev–Trinajstić information content (AvgIpc) is 2.38. The van der Waals surface area contributed by atoms with Crippen LogP contribution in [0.1, 0.15) is 31.2 Å². The molecule has 0 amide bonds. The first-order valence-corrected chi connectivity index (χ1v) is 6.76. The van der Waals surface area contributed by atoms with Gasteiger partial charge in [-0.25, -0.2) is 4.98 Å². The van der Waals surface area contributed by atoms with Crippen molar-refractivity contribution < 1.29 is 9.47 Å². The van der Waals surface area contributed by atoms with E-state index in [2.05, 4.69) is 9.97 Å². The van der Waals surface area contributed by atoms with Crippen LogP contribution in [0, 0.1) is 0 Å². The Morgan fingerprint density at radius 2 is 2.00 bits per heavy atom. The maximum atomic E-state index is 5.99. The van der Waals surface area contributed by atoms with E-state index in [-0.39, 0.29) is 5.92 Å². The van der Waals surface area contributed by atoms with Crippen LogP contribution in [0.3, 0.4) is 0 Å². The molecule has 0 saturated carbocycles. The van der Waals surface area contributed by atoms with E-state index < -0.39 is 0 Å². The summed E-state index contributed by atoms with van der Waals surface area (Å²) >= 11 is 5.99. The molecule has 2 rings (SSSR count). The maximum absolute atomic E-state index is 5.99. The van der Waals surface area contributed by atoms with Gasteiger partial charge in [0.15, 0.2) is 0 Å². The van der Waals surface area contributed by atoms with Crippen molar-refractivity contribution in [1.29, 1.82) is 0 Å². The zero-order valence-electron chi connectivity index (χ0n) is 11.8. The third-order valence-electron chi connectivity index (χ3n) is 2.64. The lowest BCUT2D eigenvalue weighted by Gasteiger charge is -2.09. The first kappa shape index (κ1) is 14.8. The molecule has 1 heterocycles. The van der Waals surface area contributed by atoms with Crippen molar-refractivity contribution in [3.63, 3.8) is 0 Å². The highest BCUT2D eigenvalue weighted by molar-refractivity contribution is 6.29. The van der Waals surface area contributed by atoms with Gasteiger partial charge in [0.25, 0.3) is 0 Å². The summed E-state index contributed by atoms with van der Waals surface area (Å²) in [6, 6.07) is 9.27. The first-order chi connectivity index (χ1) is 9.58. The minimum atomic E-state index is 0.191. The quantitative estimate of drug-likeness (QED) is 0.775. The van der Waals surface area contributed by atoms with Gasteiger partial charge in [0.05, 0.1) is 6.61 Å². The summed E-state index contributed by atoms with van der Waals surface area (Å²) in [6.45, 7) is 4.56. The topological polar surface area (TPSA) is 44.2 Å². The van der Waals surface area contributed by atoms with E-state index in [4.69, 9.17) is 21.1 Å². The van der Waals surface area contributed by atoms with E-state index in [1.54, 1.807) is 13.2 Å². The van der Waals surface area contributed by atoms with Crippen molar-refractivity contribution in [3.05, 3.63) is 46.9 Å². The molecule has 1 aromatic heterocycles. The number of aromatic nitrogens is 2. The summed E-state index contributed by atoms with van der Waals surface area (Å²) in [5.41, 5.74) is 1.04. The third-order valence-corrected chi connectivity index (χ3v) is 2.83. The zero-order chi connectivity index (χ0) is 14.5. The Kier molecular flexibility index (Phi) is 4.93. The fraction of sp³-hybridized carbons (Fsp3) is 0.333. The molecule has 4 nitrogen and oxygen atoms in total. The van der Waals surface area contributed by atoms with Crippen molar-refractivity contribution in [1.82, 2.24) is 9.97 Å². The van der Waals surface area contributed by atoms with Crippen LogP contribution < -0.4 is 4.74 Å². The van der Waals surface area contributed by atoms with Crippen LogP contribution in [0.4, 0.5) is 0 Å². The molecule has 106 valence electrons. The number of benzene rings is 1. The largest absolute Gasteiger partial charge is 0.439 e. The molecule has 20 heavy (non-hydrogen) atoms. The third kappa shape index (κ3) is 3.92. The first-order valence-electron chi connectivity index (χ1n) is 6.38. The van der Waals surface area contributed by atoms with Crippen molar-refractivity contribution in [2.75, 3.05) is 7.11 Å². The van der Waals surface area contributed by atoms with Crippen molar-refractivity contribution in [2.24, 2.45) is 0 Å². The second-order valence-corrected chi connectivity index (χ2v) is 5.11. The van der Waals surface area contributed by atoms with E-state index in [0.29, 0.717) is 29.2 Å². The molecule has 0 aliphatic rings. The second kappa shape index (κ2) is 6.68. The highest BCUT2D eigenvalue weighted by Crippen LogP contribution is 2.24. The Balaban J connectivity index is 2.23. The summed E-state index contributed by atoms with van der Waals surface area (Å²) in [7, 11) is 1.66. The van der Waals surface area contributed by atoms with Gasteiger partial charge in [-0.15, -0.1) is 0 Å². The van der Waals surface area contributed by atoms with E-state index in [1.807, 2.05) is 38.1 Å². The smallest absolute Gasteiger partial charge is 0.224 e. The molecule has 0 saturated heterocycles. The summed E-state index contributed by atoms with van der Waals surface area (Å²) < 4.78 is 10.8. The molecule has 0 N–H and O–H groups in total. The fourth-order valence-corrected chi connectivity index (χ4v) is 1.89. The van der Waals surface area contributed by atoms with Crippen molar-refractivity contribution in [2.45, 2.75) is 26.4 Å². The van der Waals surface area contributed by atoms with Gasteiger partial charge < -0.3 is 9.47 Å². The molecule has 0 atom stereocenters. The predicted octanol–water partition coefficient (Wildman–Crippen LogP) is 4.19. The molecule has 2 aromatic rings. The lowest BCUT2D eigenvalue weighted by atomic mass is 10.2. The summed E-state index contributed by atoms with van der Waals surface area (Å²) in [5.74, 6) is 2.00. The summed E-state index contributed by atoms with van der Waals surface area (Å²) in [5, 5.41) is 0.381. The second-order valence-electron chi connectivity index (χ2n) is 4.72. The number of rotatable bonds is 5. The van der Waals surface area contributed by atoms with Crippen LogP contribution >= 0.6 is 11.6 Å². The number of hydrogen-bond acceptors (Lipinski definition) is 4. The van der Waals surface area contributed by atoms with E-state index in [1.165, 1.54) is 0 Å². The van der Waals surface area contributed by atoms with Crippen LogP contribution in [0.15, 0.2) is 30.3 Å². The maximum Gasteiger partial charge on any atom is 0.224 e. The highest BCUT2D eigenvalue weighted by atomic mass is 35.5. The Morgan fingerprint density at radius 1 is 1.20 bits per heavy atom. The van der Waals surface area contributed by atoms with E-state index in [9.17, 15) is 0 Å². The number of halogens is 1. The van der Waals surface area contributed by atoms with Gasteiger partial charge in [-0.1, -0.05) is 37.6 Å². The Labute approximate surface area is 123 Å². The normalized spacial score (nSPS) is 10.8. The predicted molar refractivity (Wildman–Crippen MR) is 78.4 cm³/mol. The van der Waals surface area contributed by atoms with Gasteiger partial charge in [-0.2, -0.15) is 4.98 Å². The molecular formula is C15H17ClN2O2. The van der Waals surface area contributed by atoms with Gasteiger partial charge >= 0.3 is 0 Å². The summed E-state index contributed by atoms with van der Waals surface area (Å²) in [4.78, 5) is 8.53. The lowest BCUT2D eigenvalue weighted by molar-refractivity contribution is 0.184. The molecular weight excluding hydrogens is 276 g/mol. The Morgan fingerprint density at radius 3 is 2.70 bits per heavy atom. The van der Waals surface area contributed by atoms with Gasteiger partial charge in [0.1, 0.15) is 16.7 Å². The van der Waals surface area contributed by atoms with Crippen LogP contribution in [0.2, 0.25) is 5.15 Å². The number of hydrogen-bond donors (Lipinski definition) is 0. The number of nitrogens with zero attached hydrogens (tertiary/aromatic N) is 2. The molecule has 0 aliphatic carbocycles. The standard InChI is InChI=1S/C15H17ClN2O2/c1-10(2)15-17-13(16)8-14(18-15)20-12-6-4-5-11(7-12)9-19-3/h4-8,10H,9H2,1-3H3. The average molecular weight is 293 g/mol. The van der Waals surface area contributed by atoms with Gasteiger partial charge in [-0.3, -0.25) is 0 Å². The van der Waals surface area contributed by atoms with Crippen molar-refractivity contribution in [3.8, 4) is 11.6 Å². The van der Waals surface area contributed by atoms with E-state index in [0.717, 1.165) is 5.56 Å².